The molecule has 0 saturated carbocycles. The van der Waals surface area contributed by atoms with Crippen LogP contribution in [0.1, 0.15) is 5.56 Å². The first-order chi connectivity index (χ1) is 3.93. The van der Waals surface area contributed by atoms with E-state index in [0.717, 1.165) is 5.56 Å². The Hall–Kier alpha value is -0.0771. The standard InChI is InChI=1S/C8H6.Cu.Zn/c1-2-8-6-4-3-5-7-8;;/h1,3-7H;;. The summed E-state index contributed by atoms with van der Waals surface area (Å²) in [5, 5.41) is 0. The molecule has 0 N–H and O–H groups in total. The minimum Gasteiger partial charge on any atom is -0.115 e. The van der Waals surface area contributed by atoms with Crippen LogP contribution < -0.4 is 0 Å². The van der Waals surface area contributed by atoms with Crippen molar-refractivity contribution in [1.29, 1.82) is 0 Å². The molecule has 2 heteroatoms. The van der Waals surface area contributed by atoms with E-state index >= 15 is 0 Å². The number of hydrogen-bond acceptors (Lipinski definition) is 0. The van der Waals surface area contributed by atoms with Gasteiger partial charge in [0.25, 0.3) is 0 Å². The van der Waals surface area contributed by atoms with E-state index in [2.05, 4.69) is 5.92 Å². The van der Waals surface area contributed by atoms with Crippen molar-refractivity contribution in [3.63, 3.8) is 0 Å². The van der Waals surface area contributed by atoms with Gasteiger partial charge in [0, 0.05) is 42.1 Å². The Morgan fingerprint density at radius 3 is 1.90 bits per heavy atom. The van der Waals surface area contributed by atoms with E-state index in [4.69, 9.17) is 6.42 Å². The Morgan fingerprint density at radius 2 is 1.60 bits per heavy atom. The van der Waals surface area contributed by atoms with Crippen molar-refractivity contribution in [1.82, 2.24) is 0 Å². The quantitative estimate of drug-likeness (QED) is 0.470. The van der Waals surface area contributed by atoms with Crippen molar-refractivity contribution < 1.29 is 36.5 Å². The molecule has 0 aliphatic carbocycles. The first kappa shape index (κ1) is 12.6. The van der Waals surface area contributed by atoms with Gasteiger partial charge in [-0.05, 0) is 12.1 Å². The summed E-state index contributed by atoms with van der Waals surface area (Å²) in [6, 6.07) is 9.60. The summed E-state index contributed by atoms with van der Waals surface area (Å²) in [6.45, 7) is 0. The molecule has 0 heterocycles. The van der Waals surface area contributed by atoms with Gasteiger partial charge in [-0.15, -0.1) is 6.42 Å². The molecule has 0 atom stereocenters. The van der Waals surface area contributed by atoms with Crippen LogP contribution in [0.5, 0.6) is 0 Å². The average Bonchev–Trinajstić information content (AvgIpc) is 1.90. The van der Waals surface area contributed by atoms with Crippen LogP contribution >= 0.6 is 0 Å². The van der Waals surface area contributed by atoms with E-state index in [9.17, 15) is 0 Å². The molecule has 0 amide bonds. The normalized spacial score (nSPS) is 6.30. The molecule has 0 bridgehead atoms. The van der Waals surface area contributed by atoms with Crippen LogP contribution in [-0.4, -0.2) is 0 Å². The zero-order valence-corrected chi connectivity index (χ0v) is 9.38. The van der Waals surface area contributed by atoms with Crippen LogP contribution in [0.15, 0.2) is 30.3 Å². The van der Waals surface area contributed by atoms with Gasteiger partial charge in [-0.2, -0.15) is 0 Å². The molecule has 10 heavy (non-hydrogen) atoms. The maximum Gasteiger partial charge on any atom is 0.0242 e. The van der Waals surface area contributed by atoms with Crippen molar-refractivity contribution >= 4 is 0 Å². The summed E-state index contributed by atoms with van der Waals surface area (Å²) >= 11 is 0. The second-order valence-corrected chi connectivity index (χ2v) is 1.51. The van der Waals surface area contributed by atoms with Crippen molar-refractivity contribution in [3.8, 4) is 12.3 Å². The number of terminal acetylenes is 1. The van der Waals surface area contributed by atoms with E-state index in [0.29, 0.717) is 0 Å². The molecule has 1 radical (unpaired) electrons. The van der Waals surface area contributed by atoms with E-state index in [1.165, 1.54) is 0 Å². The summed E-state index contributed by atoms with van der Waals surface area (Å²) in [5.41, 5.74) is 0.938. The fraction of sp³-hybridized carbons (Fsp3) is 0. The van der Waals surface area contributed by atoms with Gasteiger partial charge in [-0.25, -0.2) is 0 Å². The third-order valence-electron chi connectivity index (χ3n) is 0.940. The van der Waals surface area contributed by atoms with Crippen molar-refractivity contribution in [2.75, 3.05) is 0 Å². The Balaban J connectivity index is 0. The molecule has 0 aliphatic rings. The Labute approximate surface area is 84.6 Å². The summed E-state index contributed by atoms with van der Waals surface area (Å²) in [4.78, 5) is 0. The first-order valence-corrected chi connectivity index (χ1v) is 2.45. The van der Waals surface area contributed by atoms with Crippen LogP contribution in [0.4, 0.5) is 0 Å². The third-order valence-corrected chi connectivity index (χ3v) is 0.940. The number of hydrogen-bond donors (Lipinski definition) is 0. The maximum atomic E-state index is 5.10. The molecule has 0 spiro atoms. The van der Waals surface area contributed by atoms with E-state index < -0.39 is 0 Å². The Morgan fingerprint density at radius 1 is 1.10 bits per heavy atom. The van der Waals surface area contributed by atoms with Crippen molar-refractivity contribution in [2.24, 2.45) is 0 Å². The fourth-order valence-corrected chi connectivity index (χ4v) is 0.534. The number of rotatable bonds is 0. The topological polar surface area (TPSA) is 0 Å². The maximum absolute atomic E-state index is 5.10. The third kappa shape index (κ3) is 3.86. The SMILES string of the molecule is C#Cc1ccccc1.[Cu].[Zn]. The molecule has 0 aliphatic heterocycles. The Bertz CT molecular complexity index is 200. The van der Waals surface area contributed by atoms with Crippen LogP contribution in [0.25, 0.3) is 0 Å². The van der Waals surface area contributed by atoms with Gasteiger partial charge in [0.05, 0.1) is 0 Å². The van der Waals surface area contributed by atoms with Gasteiger partial charge < -0.3 is 0 Å². The number of benzene rings is 1. The predicted octanol–water partition coefficient (Wildman–Crippen LogP) is 1.66. The van der Waals surface area contributed by atoms with E-state index in [1.807, 2.05) is 30.3 Å². The summed E-state index contributed by atoms with van der Waals surface area (Å²) in [6.07, 6.45) is 5.10. The second kappa shape index (κ2) is 7.03. The minimum atomic E-state index is 0. The second-order valence-electron chi connectivity index (χ2n) is 1.51. The molecule has 0 unspecified atom stereocenters. The van der Waals surface area contributed by atoms with Crippen molar-refractivity contribution in [3.05, 3.63) is 35.9 Å². The van der Waals surface area contributed by atoms with Gasteiger partial charge in [0.1, 0.15) is 0 Å². The van der Waals surface area contributed by atoms with Crippen LogP contribution in [0.3, 0.4) is 0 Å². The molecule has 1 rings (SSSR count). The fourth-order valence-electron chi connectivity index (χ4n) is 0.534. The molecule has 0 fully saturated rings. The monoisotopic (exact) mass is 229 g/mol. The molecule has 0 aromatic heterocycles. The van der Waals surface area contributed by atoms with E-state index in [1.54, 1.807) is 0 Å². The minimum absolute atomic E-state index is 0. The van der Waals surface area contributed by atoms with Crippen LogP contribution in [0.2, 0.25) is 0 Å². The Kier molecular flexibility index (Phi) is 8.85. The van der Waals surface area contributed by atoms with Gasteiger partial charge in [-0.1, -0.05) is 24.1 Å². The predicted molar refractivity (Wildman–Crippen MR) is 34.4 cm³/mol. The molecule has 51 valence electrons. The zero-order valence-electron chi connectivity index (χ0n) is 5.47. The largest absolute Gasteiger partial charge is 0.115 e. The summed E-state index contributed by atoms with van der Waals surface area (Å²) < 4.78 is 0. The average molecular weight is 231 g/mol. The first-order valence-electron chi connectivity index (χ1n) is 2.45. The zero-order chi connectivity index (χ0) is 5.82. The smallest absolute Gasteiger partial charge is 0.0242 e. The van der Waals surface area contributed by atoms with Gasteiger partial charge in [0.15, 0.2) is 0 Å². The molecular weight excluding hydrogens is 225 g/mol. The molecule has 0 nitrogen and oxygen atoms in total. The van der Waals surface area contributed by atoms with Crippen LogP contribution in [0, 0.1) is 12.3 Å². The summed E-state index contributed by atoms with van der Waals surface area (Å²) in [7, 11) is 0. The molecule has 1 aromatic carbocycles. The molecule has 0 saturated heterocycles. The van der Waals surface area contributed by atoms with Crippen molar-refractivity contribution in [2.45, 2.75) is 0 Å². The van der Waals surface area contributed by atoms with Gasteiger partial charge in [-0.3, -0.25) is 0 Å². The molecule has 1 aromatic rings. The van der Waals surface area contributed by atoms with Crippen LogP contribution in [-0.2, 0) is 36.5 Å². The molecular formula is C8H6CuZn. The van der Waals surface area contributed by atoms with Gasteiger partial charge >= 0.3 is 0 Å². The van der Waals surface area contributed by atoms with E-state index in [-0.39, 0.29) is 36.5 Å². The van der Waals surface area contributed by atoms with Gasteiger partial charge in [0.2, 0.25) is 0 Å². The summed E-state index contributed by atoms with van der Waals surface area (Å²) in [5.74, 6) is 2.53.